The molecule has 0 aliphatic rings. The SMILES string of the molecule is Nc1cc(C(F)(F)F)ccc1SCc1cncs1. The van der Waals surface area contributed by atoms with E-state index in [0.29, 0.717) is 10.6 Å². The van der Waals surface area contributed by atoms with Crippen molar-refractivity contribution < 1.29 is 13.2 Å². The van der Waals surface area contributed by atoms with Crippen molar-refractivity contribution in [2.75, 3.05) is 5.73 Å². The maximum absolute atomic E-state index is 12.4. The van der Waals surface area contributed by atoms with Crippen molar-refractivity contribution in [1.29, 1.82) is 0 Å². The molecule has 1 aromatic heterocycles. The van der Waals surface area contributed by atoms with Crippen LogP contribution in [0, 0.1) is 0 Å². The summed E-state index contributed by atoms with van der Waals surface area (Å²) in [6.45, 7) is 0. The van der Waals surface area contributed by atoms with Gasteiger partial charge in [-0.3, -0.25) is 4.98 Å². The summed E-state index contributed by atoms with van der Waals surface area (Å²) in [6, 6.07) is 3.42. The van der Waals surface area contributed by atoms with Gasteiger partial charge < -0.3 is 5.73 Å². The molecule has 0 aliphatic heterocycles. The molecule has 0 atom stereocenters. The first-order valence-corrected chi connectivity index (χ1v) is 6.80. The first-order chi connectivity index (χ1) is 8.47. The molecule has 0 unspecified atom stereocenters. The van der Waals surface area contributed by atoms with Crippen molar-refractivity contribution in [3.63, 3.8) is 0 Å². The fourth-order valence-corrected chi connectivity index (χ4v) is 2.91. The Bertz CT molecular complexity index is 524. The molecule has 2 aromatic rings. The number of alkyl halides is 3. The molecule has 0 fully saturated rings. The maximum atomic E-state index is 12.4. The third-order valence-electron chi connectivity index (χ3n) is 2.19. The molecule has 18 heavy (non-hydrogen) atoms. The number of rotatable bonds is 3. The van der Waals surface area contributed by atoms with Crippen molar-refractivity contribution in [1.82, 2.24) is 4.98 Å². The van der Waals surface area contributed by atoms with Gasteiger partial charge in [0, 0.05) is 27.4 Å². The lowest BCUT2D eigenvalue weighted by molar-refractivity contribution is -0.137. The lowest BCUT2D eigenvalue weighted by atomic mass is 10.2. The Labute approximate surface area is 110 Å². The predicted octanol–water partition coefficient (Wildman–Crippen LogP) is 4.04. The molecule has 2 N–H and O–H groups in total. The molecule has 0 radical (unpaired) electrons. The topological polar surface area (TPSA) is 38.9 Å². The van der Waals surface area contributed by atoms with Crippen molar-refractivity contribution in [3.8, 4) is 0 Å². The van der Waals surface area contributed by atoms with Crippen molar-refractivity contribution in [3.05, 3.63) is 40.3 Å². The van der Waals surface area contributed by atoms with Crippen LogP contribution >= 0.6 is 23.1 Å². The van der Waals surface area contributed by atoms with Gasteiger partial charge in [-0.15, -0.1) is 23.1 Å². The van der Waals surface area contributed by atoms with Crippen LogP contribution in [0.25, 0.3) is 0 Å². The summed E-state index contributed by atoms with van der Waals surface area (Å²) in [7, 11) is 0. The molecule has 1 aromatic carbocycles. The van der Waals surface area contributed by atoms with Crippen LogP contribution in [0.2, 0.25) is 0 Å². The summed E-state index contributed by atoms with van der Waals surface area (Å²) in [6.07, 6.45) is -2.62. The second-order valence-corrected chi connectivity index (χ2v) is 5.49. The number of halogens is 3. The zero-order valence-electron chi connectivity index (χ0n) is 9.07. The number of nitrogens with zero attached hydrogens (tertiary/aromatic N) is 1. The number of aromatic nitrogens is 1. The van der Waals surface area contributed by atoms with E-state index in [0.717, 1.165) is 17.0 Å². The van der Waals surface area contributed by atoms with Gasteiger partial charge in [-0.2, -0.15) is 13.2 Å². The first kappa shape index (κ1) is 13.2. The molecule has 2 rings (SSSR count). The number of thioether (sulfide) groups is 1. The molecular weight excluding hydrogens is 281 g/mol. The molecule has 96 valence electrons. The van der Waals surface area contributed by atoms with Crippen LogP contribution in [0.1, 0.15) is 10.4 Å². The minimum atomic E-state index is -4.35. The molecular formula is C11H9F3N2S2. The summed E-state index contributed by atoms with van der Waals surface area (Å²) in [5, 5.41) is 0. The molecule has 0 aliphatic carbocycles. The predicted molar refractivity (Wildman–Crippen MR) is 67.5 cm³/mol. The molecule has 2 nitrogen and oxygen atoms in total. The molecule has 0 spiro atoms. The Morgan fingerprint density at radius 1 is 1.33 bits per heavy atom. The van der Waals surface area contributed by atoms with E-state index in [4.69, 9.17) is 5.73 Å². The van der Waals surface area contributed by atoms with Crippen LogP contribution in [-0.4, -0.2) is 4.98 Å². The summed E-state index contributed by atoms with van der Waals surface area (Å²) >= 11 is 2.90. The number of hydrogen-bond donors (Lipinski definition) is 1. The van der Waals surface area contributed by atoms with Crippen molar-refractivity contribution in [2.24, 2.45) is 0 Å². The maximum Gasteiger partial charge on any atom is 0.416 e. The van der Waals surface area contributed by atoms with Gasteiger partial charge in [-0.1, -0.05) is 0 Å². The van der Waals surface area contributed by atoms with Crippen molar-refractivity contribution >= 4 is 28.8 Å². The van der Waals surface area contributed by atoms with Gasteiger partial charge in [-0.25, -0.2) is 0 Å². The van der Waals surface area contributed by atoms with E-state index in [1.165, 1.54) is 29.2 Å². The van der Waals surface area contributed by atoms with E-state index in [-0.39, 0.29) is 5.69 Å². The second kappa shape index (κ2) is 5.19. The Hall–Kier alpha value is -1.21. The van der Waals surface area contributed by atoms with Crippen LogP contribution < -0.4 is 5.73 Å². The Morgan fingerprint density at radius 2 is 2.11 bits per heavy atom. The van der Waals surface area contributed by atoms with E-state index in [1.807, 2.05) is 0 Å². The van der Waals surface area contributed by atoms with Crippen molar-refractivity contribution in [2.45, 2.75) is 16.8 Å². The summed E-state index contributed by atoms with van der Waals surface area (Å²) in [5.74, 6) is 0.653. The van der Waals surface area contributed by atoms with E-state index in [9.17, 15) is 13.2 Å². The second-order valence-electron chi connectivity index (χ2n) is 3.51. The zero-order chi connectivity index (χ0) is 13.2. The largest absolute Gasteiger partial charge is 0.416 e. The highest BCUT2D eigenvalue weighted by atomic mass is 32.2. The monoisotopic (exact) mass is 290 g/mol. The summed E-state index contributed by atoms with van der Waals surface area (Å²) < 4.78 is 37.3. The number of hydrogen-bond acceptors (Lipinski definition) is 4. The average molecular weight is 290 g/mol. The third kappa shape index (κ3) is 3.17. The van der Waals surface area contributed by atoms with Gasteiger partial charge >= 0.3 is 6.18 Å². The molecule has 0 amide bonds. The first-order valence-electron chi connectivity index (χ1n) is 4.93. The lowest BCUT2D eigenvalue weighted by Crippen LogP contribution is -2.05. The van der Waals surface area contributed by atoms with Gasteiger partial charge in [0.25, 0.3) is 0 Å². The molecule has 1 heterocycles. The quantitative estimate of drug-likeness (QED) is 0.685. The fraction of sp³-hybridized carbons (Fsp3) is 0.182. The highest BCUT2D eigenvalue weighted by Crippen LogP contribution is 2.35. The normalized spacial score (nSPS) is 11.7. The number of benzene rings is 1. The van der Waals surface area contributed by atoms with Crippen LogP contribution in [0.3, 0.4) is 0 Å². The van der Waals surface area contributed by atoms with Crippen LogP contribution in [0.4, 0.5) is 18.9 Å². The van der Waals surface area contributed by atoms with Gasteiger partial charge in [0.2, 0.25) is 0 Å². The minimum absolute atomic E-state index is 0.152. The number of thiazole rings is 1. The van der Waals surface area contributed by atoms with Crippen LogP contribution in [0.5, 0.6) is 0 Å². The average Bonchev–Trinajstić information content (AvgIpc) is 2.79. The molecule has 0 saturated heterocycles. The highest BCUT2D eigenvalue weighted by Gasteiger charge is 2.30. The third-order valence-corrected chi connectivity index (χ3v) is 4.29. The smallest absolute Gasteiger partial charge is 0.398 e. The molecule has 0 saturated carbocycles. The minimum Gasteiger partial charge on any atom is -0.398 e. The van der Waals surface area contributed by atoms with Crippen LogP contribution in [-0.2, 0) is 11.9 Å². The van der Waals surface area contributed by atoms with Gasteiger partial charge in [-0.05, 0) is 18.2 Å². The van der Waals surface area contributed by atoms with Gasteiger partial charge in [0.1, 0.15) is 0 Å². The Kier molecular flexibility index (Phi) is 3.82. The number of anilines is 1. The number of nitrogen functional groups attached to an aromatic ring is 1. The van der Waals surface area contributed by atoms with Gasteiger partial charge in [0.15, 0.2) is 0 Å². The fourth-order valence-electron chi connectivity index (χ4n) is 1.32. The molecule has 0 bridgehead atoms. The highest BCUT2D eigenvalue weighted by molar-refractivity contribution is 7.98. The summed E-state index contributed by atoms with van der Waals surface area (Å²) in [5.41, 5.74) is 6.77. The zero-order valence-corrected chi connectivity index (χ0v) is 10.7. The van der Waals surface area contributed by atoms with E-state index < -0.39 is 11.7 Å². The van der Waals surface area contributed by atoms with Gasteiger partial charge in [0.05, 0.1) is 11.1 Å². The summed E-state index contributed by atoms with van der Waals surface area (Å²) in [4.78, 5) is 5.63. The Balaban J connectivity index is 2.10. The Morgan fingerprint density at radius 3 is 2.67 bits per heavy atom. The molecule has 7 heteroatoms. The van der Waals surface area contributed by atoms with E-state index in [1.54, 1.807) is 11.7 Å². The van der Waals surface area contributed by atoms with Crippen LogP contribution in [0.15, 0.2) is 34.8 Å². The lowest BCUT2D eigenvalue weighted by Gasteiger charge is -2.10. The van der Waals surface area contributed by atoms with E-state index in [2.05, 4.69) is 4.98 Å². The number of nitrogens with two attached hydrogens (primary N) is 1. The van der Waals surface area contributed by atoms with E-state index >= 15 is 0 Å². The standard InChI is InChI=1S/C11H9F3N2S2/c12-11(13,14)7-1-2-10(9(15)3-7)17-5-8-4-16-6-18-8/h1-4,6H,5,15H2.